The van der Waals surface area contributed by atoms with E-state index in [4.69, 9.17) is 17.3 Å². The van der Waals surface area contributed by atoms with Gasteiger partial charge in [0, 0.05) is 23.3 Å². The van der Waals surface area contributed by atoms with E-state index in [9.17, 15) is 4.79 Å². The number of aromatic nitrogens is 3. The average Bonchev–Trinajstić information content (AvgIpc) is 3.26. The van der Waals surface area contributed by atoms with Crippen LogP contribution in [0.2, 0.25) is 5.02 Å². The Morgan fingerprint density at radius 3 is 2.92 bits per heavy atom. The molecule has 0 fully saturated rings. The second kappa shape index (κ2) is 6.78. The standard InChI is InChI=1S/C18H14ClN5OS/c19-14-4-2-1-3-11(14)8-21-17(25)15-7-13(10-26-15)12-5-6-16-22-18(20)23-24(16)9-12/h1-7,9-10H,8H2,(H2,20,23)(H,21,25). The Hall–Kier alpha value is -2.90. The summed E-state index contributed by atoms with van der Waals surface area (Å²) in [5.74, 6) is 0.0966. The summed E-state index contributed by atoms with van der Waals surface area (Å²) in [6.07, 6.45) is 1.84. The van der Waals surface area contributed by atoms with Crippen LogP contribution in [-0.4, -0.2) is 20.5 Å². The molecule has 0 atom stereocenters. The number of carbonyl (C=O) groups is 1. The number of nitrogen functional groups attached to an aromatic ring is 1. The number of nitrogens with one attached hydrogen (secondary N) is 1. The van der Waals surface area contributed by atoms with Crippen molar-refractivity contribution in [2.75, 3.05) is 5.73 Å². The number of benzene rings is 1. The van der Waals surface area contributed by atoms with Gasteiger partial charge >= 0.3 is 0 Å². The number of nitrogens with zero attached hydrogens (tertiary/aromatic N) is 3. The summed E-state index contributed by atoms with van der Waals surface area (Å²) in [6, 6.07) is 13.1. The van der Waals surface area contributed by atoms with Crippen molar-refractivity contribution in [2.45, 2.75) is 6.54 Å². The topological polar surface area (TPSA) is 85.3 Å². The smallest absolute Gasteiger partial charge is 0.261 e. The molecule has 0 aliphatic rings. The van der Waals surface area contributed by atoms with E-state index in [0.717, 1.165) is 16.7 Å². The van der Waals surface area contributed by atoms with Gasteiger partial charge in [0.05, 0.1) is 4.88 Å². The molecule has 0 radical (unpaired) electrons. The van der Waals surface area contributed by atoms with E-state index < -0.39 is 0 Å². The molecule has 8 heteroatoms. The molecule has 0 aliphatic heterocycles. The lowest BCUT2D eigenvalue weighted by Gasteiger charge is -2.05. The maximum atomic E-state index is 12.4. The van der Waals surface area contributed by atoms with Gasteiger partial charge in [-0.25, -0.2) is 4.52 Å². The summed E-state index contributed by atoms with van der Waals surface area (Å²) < 4.78 is 1.62. The normalized spacial score (nSPS) is 11.0. The quantitative estimate of drug-likeness (QED) is 0.563. The van der Waals surface area contributed by atoms with Gasteiger partial charge in [0.2, 0.25) is 5.95 Å². The molecule has 3 heterocycles. The number of hydrogen-bond acceptors (Lipinski definition) is 5. The summed E-state index contributed by atoms with van der Waals surface area (Å²) in [5.41, 5.74) is 9.05. The molecular formula is C18H14ClN5OS. The van der Waals surface area contributed by atoms with Crippen LogP contribution >= 0.6 is 22.9 Å². The largest absolute Gasteiger partial charge is 0.366 e. The number of fused-ring (bicyclic) bond motifs is 1. The number of nitrogens with two attached hydrogens (primary N) is 1. The van der Waals surface area contributed by atoms with E-state index in [2.05, 4.69) is 15.4 Å². The van der Waals surface area contributed by atoms with Crippen molar-refractivity contribution in [3.63, 3.8) is 0 Å². The first-order valence-electron chi connectivity index (χ1n) is 7.82. The van der Waals surface area contributed by atoms with Gasteiger partial charge in [0.1, 0.15) is 0 Å². The first kappa shape index (κ1) is 16.6. The monoisotopic (exact) mass is 383 g/mol. The lowest BCUT2D eigenvalue weighted by molar-refractivity contribution is 0.0955. The van der Waals surface area contributed by atoms with Crippen LogP contribution in [0.1, 0.15) is 15.2 Å². The number of amides is 1. The van der Waals surface area contributed by atoms with E-state index in [0.29, 0.717) is 22.1 Å². The van der Waals surface area contributed by atoms with Crippen molar-refractivity contribution in [2.24, 2.45) is 0 Å². The molecule has 0 saturated heterocycles. The summed E-state index contributed by atoms with van der Waals surface area (Å²) in [7, 11) is 0. The third kappa shape index (κ3) is 3.26. The number of anilines is 1. The third-order valence-corrected chi connectivity index (χ3v) is 5.20. The molecule has 3 aromatic heterocycles. The fourth-order valence-corrected chi connectivity index (χ4v) is 3.62. The molecular weight excluding hydrogens is 370 g/mol. The van der Waals surface area contributed by atoms with Gasteiger partial charge in [-0.05, 0) is 40.8 Å². The highest BCUT2D eigenvalue weighted by Crippen LogP contribution is 2.26. The first-order valence-corrected chi connectivity index (χ1v) is 9.08. The minimum absolute atomic E-state index is 0.132. The van der Waals surface area contributed by atoms with Crippen molar-refractivity contribution in [1.29, 1.82) is 0 Å². The Morgan fingerprint density at radius 2 is 2.08 bits per heavy atom. The predicted molar refractivity (Wildman–Crippen MR) is 103 cm³/mol. The summed E-state index contributed by atoms with van der Waals surface area (Å²) >= 11 is 7.50. The highest BCUT2D eigenvalue weighted by Gasteiger charge is 2.11. The minimum atomic E-state index is -0.132. The Balaban J connectivity index is 1.51. The van der Waals surface area contributed by atoms with Crippen LogP contribution in [0.5, 0.6) is 0 Å². The highest BCUT2D eigenvalue weighted by atomic mass is 35.5. The second-order valence-electron chi connectivity index (χ2n) is 5.66. The molecule has 130 valence electrons. The number of pyridine rings is 1. The maximum Gasteiger partial charge on any atom is 0.261 e. The zero-order chi connectivity index (χ0) is 18.1. The van der Waals surface area contributed by atoms with E-state index in [1.807, 2.05) is 48.0 Å². The first-order chi connectivity index (χ1) is 12.6. The maximum absolute atomic E-state index is 12.4. The van der Waals surface area contributed by atoms with Gasteiger partial charge in [-0.3, -0.25) is 4.79 Å². The molecule has 0 aliphatic carbocycles. The van der Waals surface area contributed by atoms with E-state index >= 15 is 0 Å². The number of hydrogen-bond donors (Lipinski definition) is 2. The third-order valence-electron chi connectivity index (χ3n) is 3.90. The van der Waals surface area contributed by atoms with Crippen LogP contribution in [0.4, 0.5) is 5.95 Å². The van der Waals surface area contributed by atoms with Gasteiger partial charge in [0.15, 0.2) is 5.65 Å². The predicted octanol–water partition coefficient (Wildman–Crippen LogP) is 3.62. The minimum Gasteiger partial charge on any atom is -0.366 e. The molecule has 1 amide bonds. The van der Waals surface area contributed by atoms with Crippen molar-refractivity contribution < 1.29 is 4.79 Å². The molecule has 3 N–H and O–H groups in total. The van der Waals surface area contributed by atoms with Crippen LogP contribution < -0.4 is 11.1 Å². The molecule has 4 aromatic rings. The summed E-state index contributed by atoms with van der Waals surface area (Å²) in [5, 5.41) is 9.58. The van der Waals surface area contributed by atoms with Crippen molar-refractivity contribution >= 4 is 40.4 Å². The van der Waals surface area contributed by atoms with Crippen LogP contribution in [0.3, 0.4) is 0 Å². The molecule has 0 saturated carbocycles. The van der Waals surface area contributed by atoms with Crippen molar-refractivity contribution in [3.05, 3.63) is 69.5 Å². The Morgan fingerprint density at radius 1 is 1.23 bits per heavy atom. The molecule has 6 nitrogen and oxygen atoms in total. The van der Waals surface area contributed by atoms with Gasteiger partial charge < -0.3 is 11.1 Å². The second-order valence-corrected chi connectivity index (χ2v) is 6.98. The number of carbonyl (C=O) groups excluding carboxylic acids is 1. The number of thiophene rings is 1. The van der Waals surface area contributed by atoms with Crippen LogP contribution in [0, 0.1) is 0 Å². The van der Waals surface area contributed by atoms with Crippen LogP contribution in [-0.2, 0) is 6.54 Å². The molecule has 0 unspecified atom stereocenters. The lowest BCUT2D eigenvalue weighted by atomic mass is 10.1. The van der Waals surface area contributed by atoms with Crippen molar-refractivity contribution in [3.8, 4) is 11.1 Å². The summed E-state index contributed by atoms with van der Waals surface area (Å²) in [6.45, 7) is 0.385. The zero-order valence-electron chi connectivity index (χ0n) is 13.5. The van der Waals surface area contributed by atoms with E-state index in [1.165, 1.54) is 11.3 Å². The highest BCUT2D eigenvalue weighted by molar-refractivity contribution is 7.12. The molecule has 4 rings (SSSR count). The number of rotatable bonds is 4. The van der Waals surface area contributed by atoms with E-state index in [-0.39, 0.29) is 11.9 Å². The fraction of sp³-hybridized carbons (Fsp3) is 0.0556. The SMILES string of the molecule is Nc1nc2ccc(-c3csc(C(=O)NCc4ccccc4Cl)c3)cn2n1. The molecule has 26 heavy (non-hydrogen) atoms. The summed E-state index contributed by atoms with van der Waals surface area (Å²) in [4.78, 5) is 17.1. The van der Waals surface area contributed by atoms with E-state index in [1.54, 1.807) is 10.6 Å². The Kier molecular flexibility index (Phi) is 4.32. The fourth-order valence-electron chi connectivity index (χ4n) is 2.58. The molecule has 0 bridgehead atoms. The molecule has 1 aromatic carbocycles. The van der Waals surface area contributed by atoms with Gasteiger partial charge in [-0.15, -0.1) is 16.4 Å². The Bertz CT molecular complexity index is 1100. The van der Waals surface area contributed by atoms with Crippen molar-refractivity contribution in [1.82, 2.24) is 19.9 Å². The van der Waals surface area contributed by atoms with Crippen LogP contribution in [0.15, 0.2) is 54.0 Å². The zero-order valence-corrected chi connectivity index (χ0v) is 15.1. The van der Waals surface area contributed by atoms with Gasteiger partial charge in [0.25, 0.3) is 5.91 Å². The Labute approximate surface area is 158 Å². The lowest BCUT2D eigenvalue weighted by Crippen LogP contribution is -2.21. The van der Waals surface area contributed by atoms with Gasteiger partial charge in [-0.1, -0.05) is 29.8 Å². The molecule has 0 spiro atoms. The van der Waals surface area contributed by atoms with Crippen LogP contribution in [0.25, 0.3) is 16.8 Å². The number of halogens is 1. The average molecular weight is 384 g/mol. The van der Waals surface area contributed by atoms with Gasteiger partial charge in [-0.2, -0.15) is 4.98 Å².